The standard InChI is InChI=1S/C20H22N2O4S/c1-12-14(18(23)21-3)9-7-10-16(12)22-19(24)15-8-5-6-11-17(15)27-13(2)20(25)26-4/h5-11,13H,1-4H3,(H,21,23)(H,22,24). The van der Waals surface area contributed by atoms with Gasteiger partial charge in [0.2, 0.25) is 0 Å². The largest absolute Gasteiger partial charge is 0.468 e. The van der Waals surface area contributed by atoms with Crippen LogP contribution in [0.4, 0.5) is 5.69 Å². The fraction of sp³-hybridized carbons (Fsp3) is 0.250. The second-order valence-corrected chi connectivity index (χ2v) is 7.17. The van der Waals surface area contributed by atoms with Crippen molar-refractivity contribution in [3.63, 3.8) is 0 Å². The molecule has 0 spiro atoms. The first-order valence-electron chi connectivity index (χ1n) is 8.35. The fourth-order valence-electron chi connectivity index (χ4n) is 2.50. The van der Waals surface area contributed by atoms with E-state index in [1.807, 2.05) is 0 Å². The van der Waals surface area contributed by atoms with Crippen LogP contribution in [-0.2, 0) is 9.53 Å². The van der Waals surface area contributed by atoms with Gasteiger partial charge in [-0.2, -0.15) is 0 Å². The Hall–Kier alpha value is -2.80. The van der Waals surface area contributed by atoms with Crippen LogP contribution in [0.1, 0.15) is 33.2 Å². The number of carbonyl (C=O) groups is 3. The van der Waals surface area contributed by atoms with E-state index in [9.17, 15) is 14.4 Å². The Balaban J connectivity index is 2.27. The van der Waals surface area contributed by atoms with E-state index in [0.717, 1.165) is 0 Å². The molecule has 2 aromatic rings. The van der Waals surface area contributed by atoms with Crippen molar-refractivity contribution in [2.45, 2.75) is 24.0 Å². The van der Waals surface area contributed by atoms with Crippen molar-refractivity contribution in [3.8, 4) is 0 Å². The van der Waals surface area contributed by atoms with Gasteiger partial charge < -0.3 is 15.4 Å². The molecule has 2 rings (SSSR count). The van der Waals surface area contributed by atoms with Crippen molar-refractivity contribution < 1.29 is 19.1 Å². The Morgan fingerprint density at radius 3 is 2.33 bits per heavy atom. The number of amides is 2. The molecule has 1 atom stereocenters. The molecule has 142 valence electrons. The number of benzene rings is 2. The van der Waals surface area contributed by atoms with Crippen LogP contribution >= 0.6 is 11.8 Å². The zero-order valence-electron chi connectivity index (χ0n) is 15.7. The first-order valence-corrected chi connectivity index (χ1v) is 9.23. The minimum Gasteiger partial charge on any atom is -0.468 e. The number of thioether (sulfide) groups is 1. The van der Waals surface area contributed by atoms with Gasteiger partial charge in [0.25, 0.3) is 11.8 Å². The monoisotopic (exact) mass is 386 g/mol. The summed E-state index contributed by atoms with van der Waals surface area (Å²) in [4.78, 5) is 37.1. The first kappa shape index (κ1) is 20.5. The molecule has 0 radical (unpaired) electrons. The molecule has 6 nitrogen and oxygen atoms in total. The molecule has 0 aromatic heterocycles. The normalized spacial score (nSPS) is 11.4. The van der Waals surface area contributed by atoms with E-state index in [4.69, 9.17) is 4.74 Å². The molecule has 27 heavy (non-hydrogen) atoms. The molecule has 0 heterocycles. The zero-order valence-corrected chi connectivity index (χ0v) is 16.5. The highest BCUT2D eigenvalue weighted by molar-refractivity contribution is 8.00. The summed E-state index contributed by atoms with van der Waals surface area (Å²) in [6.07, 6.45) is 0. The topological polar surface area (TPSA) is 84.5 Å². The Morgan fingerprint density at radius 1 is 1.00 bits per heavy atom. The number of hydrogen-bond acceptors (Lipinski definition) is 5. The average molecular weight is 386 g/mol. The second kappa shape index (κ2) is 9.23. The van der Waals surface area contributed by atoms with Gasteiger partial charge in [-0.25, -0.2) is 0 Å². The van der Waals surface area contributed by atoms with E-state index in [-0.39, 0.29) is 17.8 Å². The summed E-state index contributed by atoms with van der Waals surface area (Å²) in [6, 6.07) is 12.2. The second-order valence-electron chi connectivity index (χ2n) is 5.79. The number of ether oxygens (including phenoxy) is 1. The Morgan fingerprint density at radius 2 is 1.67 bits per heavy atom. The summed E-state index contributed by atoms with van der Waals surface area (Å²) in [5, 5.41) is 4.99. The molecule has 0 aliphatic rings. The SMILES string of the molecule is CNC(=O)c1cccc(NC(=O)c2ccccc2SC(C)C(=O)OC)c1C. The molecule has 7 heteroatoms. The molecule has 0 saturated heterocycles. The van der Waals surface area contributed by atoms with Crippen molar-refractivity contribution >= 4 is 35.2 Å². The van der Waals surface area contributed by atoms with Crippen LogP contribution in [0.3, 0.4) is 0 Å². The summed E-state index contributed by atoms with van der Waals surface area (Å²) < 4.78 is 4.74. The van der Waals surface area contributed by atoms with Gasteiger partial charge in [-0.3, -0.25) is 14.4 Å². The van der Waals surface area contributed by atoms with Crippen LogP contribution in [0.15, 0.2) is 47.4 Å². The molecule has 0 saturated carbocycles. The number of rotatable bonds is 6. The zero-order chi connectivity index (χ0) is 20.0. The van der Waals surface area contributed by atoms with E-state index >= 15 is 0 Å². The lowest BCUT2D eigenvalue weighted by Gasteiger charge is -2.15. The number of methoxy groups -OCH3 is 1. The van der Waals surface area contributed by atoms with E-state index in [0.29, 0.717) is 27.3 Å². The lowest BCUT2D eigenvalue weighted by molar-refractivity contribution is -0.139. The van der Waals surface area contributed by atoms with Gasteiger partial charge in [-0.1, -0.05) is 18.2 Å². The van der Waals surface area contributed by atoms with Crippen molar-refractivity contribution in [2.24, 2.45) is 0 Å². The van der Waals surface area contributed by atoms with Crippen LogP contribution in [0.2, 0.25) is 0 Å². The van der Waals surface area contributed by atoms with Crippen molar-refractivity contribution in [1.82, 2.24) is 5.32 Å². The number of hydrogen-bond donors (Lipinski definition) is 2. The van der Waals surface area contributed by atoms with Crippen molar-refractivity contribution in [1.29, 1.82) is 0 Å². The lowest BCUT2D eigenvalue weighted by atomic mass is 10.1. The summed E-state index contributed by atoms with van der Waals surface area (Å²) in [6.45, 7) is 3.50. The Bertz CT molecular complexity index is 867. The molecular formula is C20H22N2O4S. The van der Waals surface area contributed by atoms with Crippen molar-refractivity contribution in [2.75, 3.05) is 19.5 Å². The summed E-state index contributed by atoms with van der Waals surface area (Å²) in [7, 11) is 2.89. The van der Waals surface area contributed by atoms with Crippen molar-refractivity contribution in [3.05, 3.63) is 59.2 Å². The van der Waals surface area contributed by atoms with Crippen LogP contribution in [0.5, 0.6) is 0 Å². The van der Waals surface area contributed by atoms with E-state index in [1.165, 1.54) is 18.9 Å². The third kappa shape index (κ3) is 4.89. The fourth-order valence-corrected chi connectivity index (χ4v) is 3.52. The minimum atomic E-state index is -0.442. The average Bonchev–Trinajstić information content (AvgIpc) is 2.68. The summed E-state index contributed by atoms with van der Waals surface area (Å²) in [5.41, 5.74) is 2.18. The van der Waals surface area contributed by atoms with E-state index < -0.39 is 5.25 Å². The highest BCUT2D eigenvalue weighted by atomic mass is 32.2. The van der Waals surface area contributed by atoms with E-state index in [2.05, 4.69) is 10.6 Å². The lowest BCUT2D eigenvalue weighted by Crippen LogP contribution is -2.20. The number of carbonyl (C=O) groups excluding carboxylic acids is 3. The summed E-state index contributed by atoms with van der Waals surface area (Å²) >= 11 is 1.26. The number of esters is 1. The maximum absolute atomic E-state index is 12.8. The predicted octanol–water partition coefficient (Wildman–Crippen LogP) is 3.26. The molecule has 2 amide bonds. The van der Waals surface area contributed by atoms with Gasteiger partial charge in [0.15, 0.2) is 0 Å². The quantitative estimate of drug-likeness (QED) is 0.588. The smallest absolute Gasteiger partial charge is 0.318 e. The molecule has 0 bridgehead atoms. The van der Waals surface area contributed by atoms with Gasteiger partial charge >= 0.3 is 5.97 Å². The molecule has 0 aliphatic carbocycles. The van der Waals surface area contributed by atoms with Gasteiger partial charge in [0.05, 0.1) is 12.7 Å². The van der Waals surface area contributed by atoms with Gasteiger partial charge in [0.1, 0.15) is 5.25 Å². The summed E-state index contributed by atoms with van der Waals surface area (Å²) in [5.74, 6) is -0.886. The van der Waals surface area contributed by atoms with Gasteiger partial charge in [-0.15, -0.1) is 11.8 Å². The molecule has 1 unspecified atom stereocenters. The highest BCUT2D eigenvalue weighted by Crippen LogP contribution is 2.28. The third-order valence-corrected chi connectivity index (χ3v) is 5.18. The number of nitrogens with one attached hydrogen (secondary N) is 2. The molecule has 2 aromatic carbocycles. The van der Waals surface area contributed by atoms with Crippen LogP contribution in [-0.4, -0.2) is 37.2 Å². The van der Waals surface area contributed by atoms with Gasteiger partial charge in [-0.05, 0) is 43.7 Å². The van der Waals surface area contributed by atoms with Crippen LogP contribution in [0, 0.1) is 6.92 Å². The highest BCUT2D eigenvalue weighted by Gasteiger charge is 2.20. The van der Waals surface area contributed by atoms with Crippen LogP contribution < -0.4 is 10.6 Å². The predicted molar refractivity (Wildman–Crippen MR) is 106 cm³/mol. The van der Waals surface area contributed by atoms with E-state index in [1.54, 1.807) is 63.4 Å². The molecule has 0 fully saturated rings. The Kier molecular flexibility index (Phi) is 7.01. The first-order chi connectivity index (χ1) is 12.9. The molecular weight excluding hydrogens is 364 g/mol. The number of anilines is 1. The van der Waals surface area contributed by atoms with Crippen LogP contribution in [0.25, 0.3) is 0 Å². The third-order valence-electron chi connectivity index (χ3n) is 4.02. The minimum absolute atomic E-state index is 0.216. The maximum Gasteiger partial charge on any atom is 0.318 e. The molecule has 2 N–H and O–H groups in total. The maximum atomic E-state index is 12.8. The van der Waals surface area contributed by atoms with Gasteiger partial charge in [0, 0.05) is 23.2 Å². The molecule has 0 aliphatic heterocycles. The Labute approximate surface area is 162 Å².